The molecule has 1 amide bonds. The Morgan fingerprint density at radius 3 is 2.47 bits per heavy atom. The minimum atomic E-state index is -0.304. The average Bonchev–Trinajstić information content (AvgIpc) is 3.57. The van der Waals surface area contributed by atoms with Crippen molar-refractivity contribution in [3.8, 4) is 0 Å². The van der Waals surface area contributed by atoms with Gasteiger partial charge >= 0.3 is 0 Å². The number of aliphatic hydroxyl groups excluding tert-OH is 1. The third kappa shape index (κ3) is 3.53. The van der Waals surface area contributed by atoms with Gasteiger partial charge in [-0.15, -0.1) is 0 Å². The predicted molar refractivity (Wildman–Crippen MR) is 111 cm³/mol. The number of anilines is 1. The molecule has 2 aliphatic carbocycles. The minimum Gasteiger partial charge on any atom is -0.392 e. The molecular formula is C22H28N6O2. The smallest absolute Gasteiger partial charge is 0.257 e. The first-order chi connectivity index (χ1) is 14.6. The topological polar surface area (TPSA) is 104 Å². The zero-order chi connectivity index (χ0) is 20.6. The third-order valence-electron chi connectivity index (χ3n) is 7.12. The van der Waals surface area contributed by atoms with E-state index in [4.69, 9.17) is 0 Å². The molecule has 158 valence electrons. The summed E-state index contributed by atoms with van der Waals surface area (Å²) < 4.78 is 0. The molecule has 1 saturated heterocycles. The first kappa shape index (κ1) is 19.4. The highest BCUT2D eigenvalue weighted by Crippen LogP contribution is 2.47. The summed E-state index contributed by atoms with van der Waals surface area (Å²) in [6.07, 6.45) is 16.0. The van der Waals surface area contributed by atoms with Gasteiger partial charge in [-0.25, -0.2) is 19.9 Å². The molecule has 2 atom stereocenters. The van der Waals surface area contributed by atoms with Crippen LogP contribution in [0.4, 0.5) is 5.95 Å². The number of hydrogen-bond donors (Lipinski definition) is 2. The van der Waals surface area contributed by atoms with Crippen LogP contribution < -0.4 is 5.32 Å². The molecule has 8 heteroatoms. The molecule has 8 nitrogen and oxygen atoms in total. The van der Waals surface area contributed by atoms with Crippen molar-refractivity contribution in [1.82, 2.24) is 24.8 Å². The predicted octanol–water partition coefficient (Wildman–Crippen LogP) is 2.53. The number of carbonyl (C=O) groups is 1. The summed E-state index contributed by atoms with van der Waals surface area (Å²) in [5, 5.41) is 14.0. The zero-order valence-corrected chi connectivity index (χ0v) is 17.1. The van der Waals surface area contributed by atoms with Crippen molar-refractivity contribution < 1.29 is 9.90 Å². The van der Waals surface area contributed by atoms with E-state index >= 15 is 0 Å². The van der Waals surface area contributed by atoms with E-state index in [0.717, 1.165) is 63.5 Å². The van der Waals surface area contributed by atoms with Crippen LogP contribution in [0.3, 0.4) is 0 Å². The summed E-state index contributed by atoms with van der Waals surface area (Å²) in [4.78, 5) is 32.0. The number of aromatic nitrogens is 4. The van der Waals surface area contributed by atoms with Gasteiger partial charge in [0.1, 0.15) is 6.33 Å². The molecule has 1 spiro atoms. The van der Waals surface area contributed by atoms with Gasteiger partial charge in [0.15, 0.2) is 0 Å². The molecule has 0 unspecified atom stereocenters. The first-order valence-electron chi connectivity index (χ1n) is 10.9. The van der Waals surface area contributed by atoms with Crippen LogP contribution in [0, 0.1) is 5.41 Å². The number of aliphatic hydroxyl groups is 1. The van der Waals surface area contributed by atoms with Crippen molar-refractivity contribution in [1.29, 1.82) is 0 Å². The quantitative estimate of drug-likeness (QED) is 0.801. The maximum Gasteiger partial charge on any atom is 0.257 e. The average molecular weight is 409 g/mol. The number of rotatable bonds is 4. The van der Waals surface area contributed by atoms with Gasteiger partial charge in [-0.05, 0) is 38.5 Å². The maximum absolute atomic E-state index is 13.1. The Balaban J connectivity index is 1.27. The van der Waals surface area contributed by atoms with Gasteiger partial charge in [0.05, 0.1) is 17.2 Å². The normalized spacial score (nSPS) is 27.6. The summed E-state index contributed by atoms with van der Waals surface area (Å²) in [6, 6.07) is 0. The number of piperidine rings is 1. The molecule has 3 fully saturated rings. The maximum atomic E-state index is 13.1. The molecule has 1 aliphatic heterocycles. The van der Waals surface area contributed by atoms with Gasteiger partial charge in [-0.1, -0.05) is 12.8 Å². The van der Waals surface area contributed by atoms with Gasteiger partial charge in [0.2, 0.25) is 5.95 Å². The van der Waals surface area contributed by atoms with Crippen molar-refractivity contribution in [2.75, 3.05) is 18.4 Å². The highest BCUT2D eigenvalue weighted by Gasteiger charge is 2.46. The van der Waals surface area contributed by atoms with E-state index in [1.54, 1.807) is 12.4 Å². The summed E-state index contributed by atoms with van der Waals surface area (Å²) in [5.74, 6) is 0.460. The Hall–Kier alpha value is -2.61. The first-order valence-corrected chi connectivity index (χ1v) is 10.9. The highest BCUT2D eigenvalue weighted by molar-refractivity contribution is 5.93. The SMILES string of the molecule is O=C(c1cnc(NC2(c3cncnc3)CC2)nc1)N1CCC[C@@]2(CCCC[C@@H]2O)C1. The third-order valence-corrected chi connectivity index (χ3v) is 7.12. The number of nitrogens with zero attached hydrogens (tertiary/aromatic N) is 5. The van der Waals surface area contributed by atoms with Crippen molar-refractivity contribution >= 4 is 11.9 Å². The standard InChI is InChI=1S/C22H28N6O2/c29-18-4-1-2-5-21(18)6-3-9-28(14-21)19(30)16-10-25-20(26-11-16)27-22(7-8-22)17-12-23-15-24-13-17/h10-13,15,18,29H,1-9,14H2,(H,25,26,27)/t18-,21-/m0/s1. The lowest BCUT2D eigenvalue weighted by Crippen LogP contribution is -2.52. The van der Waals surface area contributed by atoms with Crippen LogP contribution in [0.2, 0.25) is 0 Å². The molecule has 5 rings (SSSR count). The van der Waals surface area contributed by atoms with Gasteiger partial charge in [0.25, 0.3) is 5.91 Å². The Morgan fingerprint density at radius 1 is 1.03 bits per heavy atom. The van der Waals surface area contributed by atoms with Gasteiger partial charge in [-0.2, -0.15) is 0 Å². The van der Waals surface area contributed by atoms with E-state index in [9.17, 15) is 9.90 Å². The lowest BCUT2D eigenvalue weighted by atomic mass is 9.67. The van der Waals surface area contributed by atoms with Crippen LogP contribution in [0.15, 0.2) is 31.1 Å². The highest BCUT2D eigenvalue weighted by atomic mass is 16.3. The van der Waals surface area contributed by atoms with Crippen LogP contribution >= 0.6 is 0 Å². The molecule has 2 aromatic heterocycles. The summed E-state index contributed by atoms with van der Waals surface area (Å²) in [7, 11) is 0. The van der Waals surface area contributed by atoms with E-state index in [1.807, 2.05) is 17.3 Å². The second kappa shape index (κ2) is 7.58. The second-order valence-electron chi connectivity index (χ2n) is 9.08. The van der Waals surface area contributed by atoms with Crippen LogP contribution in [0.25, 0.3) is 0 Å². The van der Waals surface area contributed by atoms with E-state index in [-0.39, 0.29) is 23.0 Å². The molecule has 2 saturated carbocycles. The number of likely N-dealkylation sites (tertiary alicyclic amines) is 1. The fourth-order valence-corrected chi connectivity index (χ4v) is 5.15. The minimum absolute atomic E-state index is 0.0454. The van der Waals surface area contributed by atoms with Crippen molar-refractivity contribution in [2.24, 2.45) is 5.41 Å². The number of hydrogen-bond acceptors (Lipinski definition) is 7. The van der Waals surface area contributed by atoms with Crippen molar-refractivity contribution in [2.45, 2.75) is 63.0 Å². The lowest BCUT2D eigenvalue weighted by Gasteiger charge is -2.48. The van der Waals surface area contributed by atoms with E-state index < -0.39 is 0 Å². The molecule has 2 N–H and O–H groups in total. The lowest BCUT2D eigenvalue weighted by molar-refractivity contribution is -0.0529. The number of carbonyl (C=O) groups excluding carboxylic acids is 1. The van der Waals surface area contributed by atoms with E-state index in [1.165, 1.54) is 6.33 Å². The fraction of sp³-hybridized carbons (Fsp3) is 0.591. The number of amides is 1. The number of nitrogens with one attached hydrogen (secondary N) is 1. The van der Waals surface area contributed by atoms with Crippen LogP contribution in [0.5, 0.6) is 0 Å². The van der Waals surface area contributed by atoms with Crippen LogP contribution in [-0.4, -0.2) is 55.0 Å². The molecule has 30 heavy (non-hydrogen) atoms. The Morgan fingerprint density at radius 2 is 1.77 bits per heavy atom. The summed E-state index contributed by atoms with van der Waals surface area (Å²) >= 11 is 0. The molecule has 3 aliphatic rings. The summed E-state index contributed by atoms with van der Waals surface area (Å²) in [5.41, 5.74) is 1.18. The van der Waals surface area contributed by atoms with Gasteiger partial charge in [-0.3, -0.25) is 4.79 Å². The van der Waals surface area contributed by atoms with Crippen molar-refractivity contribution in [3.63, 3.8) is 0 Å². The molecule has 0 bridgehead atoms. The monoisotopic (exact) mass is 408 g/mol. The molecule has 0 radical (unpaired) electrons. The van der Waals surface area contributed by atoms with E-state index in [0.29, 0.717) is 18.1 Å². The largest absolute Gasteiger partial charge is 0.392 e. The Bertz CT molecular complexity index is 898. The summed E-state index contributed by atoms with van der Waals surface area (Å²) in [6.45, 7) is 1.36. The van der Waals surface area contributed by atoms with Gasteiger partial charge in [0, 0.05) is 48.9 Å². The van der Waals surface area contributed by atoms with Crippen LogP contribution in [0.1, 0.15) is 67.3 Å². The molecule has 2 aromatic rings. The van der Waals surface area contributed by atoms with E-state index in [2.05, 4.69) is 25.3 Å². The fourth-order valence-electron chi connectivity index (χ4n) is 5.15. The molecule has 0 aromatic carbocycles. The zero-order valence-electron chi connectivity index (χ0n) is 17.1. The van der Waals surface area contributed by atoms with Crippen molar-refractivity contribution in [3.05, 3.63) is 42.2 Å². The second-order valence-corrected chi connectivity index (χ2v) is 9.08. The molecule has 3 heterocycles. The molecular weight excluding hydrogens is 380 g/mol. The van der Waals surface area contributed by atoms with Crippen LogP contribution in [-0.2, 0) is 5.54 Å². The van der Waals surface area contributed by atoms with Gasteiger partial charge < -0.3 is 15.3 Å². The Labute approximate surface area is 176 Å². The Kier molecular flexibility index (Phi) is 4.89.